The molecule has 3 amide bonds. The number of aryl methyl sites for hydroxylation is 1. The number of primary amides is 1. The van der Waals surface area contributed by atoms with Crippen molar-refractivity contribution in [3.8, 4) is 5.69 Å². The summed E-state index contributed by atoms with van der Waals surface area (Å²) in [5.41, 5.74) is 9.09. The summed E-state index contributed by atoms with van der Waals surface area (Å²) in [6, 6.07) is 11.5. The Hall–Kier alpha value is -2.76. The van der Waals surface area contributed by atoms with Crippen molar-refractivity contribution < 1.29 is 9.59 Å². The monoisotopic (exact) mass is 340 g/mol. The molecule has 1 aromatic heterocycles. The molecule has 132 valence electrons. The normalized spacial score (nSPS) is 15.1. The predicted molar refractivity (Wildman–Crippen MR) is 96.9 cm³/mol. The van der Waals surface area contributed by atoms with E-state index in [2.05, 4.69) is 4.57 Å². The van der Waals surface area contributed by atoms with Crippen molar-refractivity contribution >= 4 is 11.9 Å². The highest BCUT2D eigenvalue weighted by Gasteiger charge is 2.24. The second kappa shape index (κ2) is 7.01. The molecule has 0 saturated carbocycles. The standard InChI is InChI=1S/C19H24N4O2/c1-14-13-17(15(2)23(14)16-7-4-3-5-8-16)18(24)21-9-6-10-22(12-11-21)19(20)25/h3-5,7-8,13H,6,9-12H2,1-2H3,(H2,20,25). The van der Waals surface area contributed by atoms with Gasteiger partial charge in [-0.2, -0.15) is 0 Å². The molecule has 2 aromatic rings. The predicted octanol–water partition coefficient (Wildman–Crippen LogP) is 2.32. The maximum absolute atomic E-state index is 13.0. The highest BCUT2D eigenvalue weighted by Crippen LogP contribution is 2.22. The van der Waals surface area contributed by atoms with Gasteiger partial charge in [-0.15, -0.1) is 0 Å². The zero-order chi connectivity index (χ0) is 18.0. The second-order valence-electron chi connectivity index (χ2n) is 6.43. The summed E-state index contributed by atoms with van der Waals surface area (Å²) >= 11 is 0. The van der Waals surface area contributed by atoms with Crippen LogP contribution in [0.25, 0.3) is 5.69 Å². The van der Waals surface area contributed by atoms with Gasteiger partial charge in [-0.3, -0.25) is 4.79 Å². The maximum atomic E-state index is 13.0. The Morgan fingerprint density at radius 3 is 2.28 bits per heavy atom. The minimum absolute atomic E-state index is 0.0154. The lowest BCUT2D eigenvalue weighted by molar-refractivity contribution is 0.0762. The molecule has 6 nitrogen and oxygen atoms in total. The average molecular weight is 340 g/mol. The Morgan fingerprint density at radius 2 is 1.60 bits per heavy atom. The minimum atomic E-state index is -0.420. The number of urea groups is 1. The smallest absolute Gasteiger partial charge is 0.314 e. The molecule has 3 rings (SSSR count). The first-order valence-electron chi connectivity index (χ1n) is 8.57. The number of hydrogen-bond donors (Lipinski definition) is 1. The molecule has 1 aliphatic rings. The number of aromatic nitrogens is 1. The van der Waals surface area contributed by atoms with Crippen LogP contribution in [0.4, 0.5) is 4.79 Å². The number of carbonyl (C=O) groups excluding carboxylic acids is 2. The van der Waals surface area contributed by atoms with Gasteiger partial charge in [0.1, 0.15) is 0 Å². The number of nitrogens with zero attached hydrogens (tertiary/aromatic N) is 3. The molecule has 1 fully saturated rings. The van der Waals surface area contributed by atoms with E-state index in [4.69, 9.17) is 5.73 Å². The summed E-state index contributed by atoms with van der Waals surface area (Å²) in [6.45, 7) is 6.21. The van der Waals surface area contributed by atoms with Gasteiger partial charge in [-0.25, -0.2) is 4.79 Å². The fourth-order valence-corrected chi connectivity index (χ4v) is 3.46. The van der Waals surface area contributed by atoms with Crippen LogP contribution in [0.3, 0.4) is 0 Å². The number of benzene rings is 1. The lowest BCUT2D eigenvalue weighted by atomic mass is 10.2. The SMILES string of the molecule is Cc1cc(C(=O)N2CCCN(C(N)=O)CC2)c(C)n1-c1ccccc1. The molecule has 2 N–H and O–H groups in total. The molecule has 0 bridgehead atoms. The Kier molecular flexibility index (Phi) is 4.79. The highest BCUT2D eigenvalue weighted by molar-refractivity contribution is 5.96. The summed E-state index contributed by atoms with van der Waals surface area (Å²) in [7, 11) is 0. The third kappa shape index (κ3) is 3.38. The number of hydrogen-bond acceptors (Lipinski definition) is 2. The summed E-state index contributed by atoms with van der Waals surface area (Å²) in [6.07, 6.45) is 0.742. The van der Waals surface area contributed by atoms with Gasteiger partial charge in [0, 0.05) is 43.3 Å². The molecule has 1 aliphatic heterocycles. The Balaban J connectivity index is 1.85. The first-order valence-corrected chi connectivity index (χ1v) is 8.57. The molecule has 2 heterocycles. The Labute approximate surface area is 147 Å². The van der Waals surface area contributed by atoms with Crippen molar-refractivity contribution in [2.24, 2.45) is 5.73 Å². The molecule has 0 unspecified atom stereocenters. The van der Waals surface area contributed by atoms with E-state index in [0.717, 1.165) is 23.5 Å². The van der Waals surface area contributed by atoms with Crippen molar-refractivity contribution in [2.75, 3.05) is 26.2 Å². The van der Waals surface area contributed by atoms with Crippen LogP contribution in [0.15, 0.2) is 36.4 Å². The largest absolute Gasteiger partial charge is 0.351 e. The Morgan fingerprint density at radius 1 is 0.960 bits per heavy atom. The molecule has 6 heteroatoms. The van der Waals surface area contributed by atoms with Gasteiger partial charge in [0.25, 0.3) is 5.91 Å². The van der Waals surface area contributed by atoms with Gasteiger partial charge in [0.15, 0.2) is 0 Å². The number of para-hydroxylation sites is 1. The molecule has 0 atom stereocenters. The molecule has 0 spiro atoms. The lowest BCUT2D eigenvalue weighted by Gasteiger charge is -2.21. The van der Waals surface area contributed by atoms with Crippen molar-refractivity contribution in [3.63, 3.8) is 0 Å². The van der Waals surface area contributed by atoms with Gasteiger partial charge < -0.3 is 20.1 Å². The second-order valence-corrected chi connectivity index (χ2v) is 6.43. The topological polar surface area (TPSA) is 71.6 Å². The average Bonchev–Trinajstić information content (AvgIpc) is 2.78. The van der Waals surface area contributed by atoms with Gasteiger partial charge in [-0.05, 0) is 38.5 Å². The summed E-state index contributed by atoms with van der Waals surface area (Å²) in [5, 5.41) is 0. The Bertz CT molecular complexity index is 782. The number of amides is 3. The van der Waals surface area contributed by atoms with Crippen molar-refractivity contribution in [3.05, 3.63) is 53.3 Å². The van der Waals surface area contributed by atoms with Crippen LogP contribution in [0, 0.1) is 13.8 Å². The van der Waals surface area contributed by atoms with Gasteiger partial charge >= 0.3 is 6.03 Å². The first kappa shape index (κ1) is 17.1. The van der Waals surface area contributed by atoms with Crippen molar-refractivity contribution in [1.29, 1.82) is 0 Å². The molecule has 1 saturated heterocycles. The fraction of sp³-hybridized carbons (Fsp3) is 0.368. The summed E-state index contributed by atoms with van der Waals surface area (Å²) < 4.78 is 2.10. The fourth-order valence-electron chi connectivity index (χ4n) is 3.46. The van der Waals surface area contributed by atoms with Crippen LogP contribution in [-0.2, 0) is 0 Å². The number of carbonyl (C=O) groups is 2. The van der Waals surface area contributed by atoms with Crippen LogP contribution in [0.5, 0.6) is 0 Å². The van der Waals surface area contributed by atoms with Crippen LogP contribution in [0.1, 0.15) is 28.2 Å². The zero-order valence-corrected chi connectivity index (χ0v) is 14.7. The zero-order valence-electron chi connectivity index (χ0n) is 14.7. The van der Waals surface area contributed by atoms with Crippen LogP contribution in [0.2, 0.25) is 0 Å². The number of nitrogens with two attached hydrogens (primary N) is 1. The lowest BCUT2D eigenvalue weighted by Crippen LogP contribution is -2.39. The van der Waals surface area contributed by atoms with E-state index in [9.17, 15) is 9.59 Å². The van der Waals surface area contributed by atoms with Gasteiger partial charge in [0.05, 0.1) is 5.56 Å². The van der Waals surface area contributed by atoms with E-state index in [1.165, 1.54) is 0 Å². The molecular weight excluding hydrogens is 316 g/mol. The summed E-state index contributed by atoms with van der Waals surface area (Å²) in [5.74, 6) is 0.0154. The molecular formula is C19H24N4O2. The van der Waals surface area contributed by atoms with Crippen LogP contribution < -0.4 is 5.73 Å². The number of rotatable bonds is 2. The van der Waals surface area contributed by atoms with Crippen molar-refractivity contribution in [2.45, 2.75) is 20.3 Å². The first-order chi connectivity index (χ1) is 12.0. The van der Waals surface area contributed by atoms with Crippen LogP contribution >= 0.6 is 0 Å². The summed E-state index contributed by atoms with van der Waals surface area (Å²) in [4.78, 5) is 27.8. The molecule has 0 radical (unpaired) electrons. The van der Waals surface area contributed by atoms with E-state index >= 15 is 0 Å². The third-order valence-corrected chi connectivity index (χ3v) is 4.77. The van der Waals surface area contributed by atoms with E-state index in [1.54, 1.807) is 4.90 Å². The van der Waals surface area contributed by atoms with E-state index < -0.39 is 6.03 Å². The van der Waals surface area contributed by atoms with E-state index in [-0.39, 0.29) is 5.91 Å². The minimum Gasteiger partial charge on any atom is -0.351 e. The molecule has 1 aromatic carbocycles. The molecule has 25 heavy (non-hydrogen) atoms. The molecule has 0 aliphatic carbocycles. The van der Waals surface area contributed by atoms with Crippen molar-refractivity contribution in [1.82, 2.24) is 14.4 Å². The van der Waals surface area contributed by atoms with E-state index in [1.807, 2.05) is 55.1 Å². The van der Waals surface area contributed by atoms with Gasteiger partial charge in [-0.1, -0.05) is 18.2 Å². The van der Waals surface area contributed by atoms with Gasteiger partial charge in [0.2, 0.25) is 0 Å². The third-order valence-electron chi connectivity index (χ3n) is 4.77. The van der Waals surface area contributed by atoms with Crippen LogP contribution in [-0.4, -0.2) is 52.5 Å². The van der Waals surface area contributed by atoms with E-state index in [0.29, 0.717) is 31.7 Å². The maximum Gasteiger partial charge on any atom is 0.314 e. The highest BCUT2D eigenvalue weighted by atomic mass is 16.2. The quantitative estimate of drug-likeness (QED) is 0.911.